The normalized spacial score (nSPS) is 11.9. The van der Waals surface area contributed by atoms with Crippen molar-refractivity contribution in [2.24, 2.45) is 0 Å². The van der Waals surface area contributed by atoms with Gasteiger partial charge in [0, 0.05) is 0 Å². The van der Waals surface area contributed by atoms with Gasteiger partial charge in [0.15, 0.2) is 0 Å². The van der Waals surface area contributed by atoms with Crippen LogP contribution in [0.25, 0.3) is 0 Å². The van der Waals surface area contributed by atoms with Crippen molar-refractivity contribution in [3.63, 3.8) is 0 Å². The van der Waals surface area contributed by atoms with Gasteiger partial charge in [0.05, 0.1) is 12.5 Å². The number of hydrogen-bond acceptors (Lipinski definition) is 2. The summed E-state index contributed by atoms with van der Waals surface area (Å²) >= 11 is 0. The Balaban J connectivity index is 2.09. The van der Waals surface area contributed by atoms with E-state index in [9.17, 15) is 9.90 Å². The minimum absolute atomic E-state index is 0.480. The Morgan fingerprint density at radius 1 is 1.10 bits per heavy atom. The topological polar surface area (TPSA) is 46.5 Å². The first-order valence-corrected chi connectivity index (χ1v) is 7.20. The Bertz CT molecular complexity index is 561. The van der Waals surface area contributed by atoms with Gasteiger partial charge in [0.1, 0.15) is 5.75 Å². The van der Waals surface area contributed by atoms with Gasteiger partial charge in [-0.3, -0.25) is 4.79 Å². The van der Waals surface area contributed by atoms with Crippen LogP contribution in [-0.4, -0.2) is 17.7 Å². The highest BCUT2D eigenvalue weighted by molar-refractivity contribution is 5.76. The lowest BCUT2D eigenvalue weighted by Gasteiger charge is -2.13. The fourth-order valence-corrected chi connectivity index (χ4v) is 2.21. The molecule has 2 aromatic carbocycles. The standard InChI is InChI=1S/C18H20O3/c1-2-12-21-16-10-8-14(9-11-16)13-17(18(19)20)15-6-4-3-5-7-15/h3-11,17H,2,12-13H2,1H3,(H,19,20). The van der Waals surface area contributed by atoms with E-state index >= 15 is 0 Å². The van der Waals surface area contributed by atoms with Crippen molar-refractivity contribution in [1.82, 2.24) is 0 Å². The third kappa shape index (κ3) is 4.35. The third-order valence-electron chi connectivity index (χ3n) is 3.34. The molecule has 0 aliphatic rings. The summed E-state index contributed by atoms with van der Waals surface area (Å²) in [5, 5.41) is 9.43. The number of hydrogen-bond donors (Lipinski definition) is 1. The van der Waals surface area contributed by atoms with E-state index < -0.39 is 11.9 Å². The van der Waals surface area contributed by atoms with Crippen LogP contribution in [0.15, 0.2) is 54.6 Å². The van der Waals surface area contributed by atoms with Crippen molar-refractivity contribution in [2.75, 3.05) is 6.61 Å². The average molecular weight is 284 g/mol. The number of carbonyl (C=O) groups is 1. The van der Waals surface area contributed by atoms with Crippen molar-refractivity contribution in [3.8, 4) is 5.75 Å². The van der Waals surface area contributed by atoms with Gasteiger partial charge in [-0.25, -0.2) is 0 Å². The molecule has 110 valence electrons. The number of carboxylic acids is 1. The van der Waals surface area contributed by atoms with Crippen LogP contribution >= 0.6 is 0 Å². The van der Waals surface area contributed by atoms with E-state index in [0.717, 1.165) is 23.3 Å². The summed E-state index contributed by atoms with van der Waals surface area (Å²) in [4.78, 5) is 11.5. The zero-order chi connectivity index (χ0) is 15.1. The summed E-state index contributed by atoms with van der Waals surface area (Å²) < 4.78 is 5.53. The number of ether oxygens (including phenoxy) is 1. The highest BCUT2D eigenvalue weighted by Gasteiger charge is 2.19. The molecule has 0 saturated heterocycles. The summed E-state index contributed by atoms with van der Waals surface area (Å²) in [6.07, 6.45) is 1.45. The van der Waals surface area contributed by atoms with Gasteiger partial charge in [0.2, 0.25) is 0 Å². The fraction of sp³-hybridized carbons (Fsp3) is 0.278. The Hall–Kier alpha value is -2.29. The van der Waals surface area contributed by atoms with Gasteiger partial charge in [0.25, 0.3) is 0 Å². The zero-order valence-corrected chi connectivity index (χ0v) is 12.2. The molecule has 2 rings (SSSR count). The van der Waals surface area contributed by atoms with Crippen LogP contribution in [0.5, 0.6) is 5.75 Å². The second-order valence-corrected chi connectivity index (χ2v) is 5.00. The van der Waals surface area contributed by atoms with Crippen molar-refractivity contribution in [2.45, 2.75) is 25.7 Å². The molecule has 0 aliphatic carbocycles. The molecule has 0 aromatic heterocycles. The van der Waals surface area contributed by atoms with Crippen LogP contribution in [0.2, 0.25) is 0 Å². The Labute approximate surface area is 125 Å². The zero-order valence-electron chi connectivity index (χ0n) is 12.2. The molecule has 1 atom stereocenters. The van der Waals surface area contributed by atoms with Crippen molar-refractivity contribution >= 4 is 5.97 Å². The van der Waals surface area contributed by atoms with Crippen molar-refractivity contribution < 1.29 is 14.6 Å². The van der Waals surface area contributed by atoms with Gasteiger partial charge in [-0.05, 0) is 36.1 Å². The lowest BCUT2D eigenvalue weighted by atomic mass is 9.92. The third-order valence-corrected chi connectivity index (χ3v) is 3.34. The van der Waals surface area contributed by atoms with E-state index in [1.165, 1.54) is 0 Å². The van der Waals surface area contributed by atoms with Gasteiger partial charge >= 0.3 is 5.97 Å². The molecule has 1 unspecified atom stereocenters. The molecule has 0 spiro atoms. The van der Waals surface area contributed by atoms with Gasteiger partial charge in [-0.1, -0.05) is 49.4 Å². The highest BCUT2D eigenvalue weighted by atomic mass is 16.5. The van der Waals surface area contributed by atoms with Gasteiger partial charge in [-0.15, -0.1) is 0 Å². The maximum Gasteiger partial charge on any atom is 0.311 e. The first-order valence-electron chi connectivity index (χ1n) is 7.20. The molecule has 0 saturated carbocycles. The second kappa shape index (κ2) is 7.48. The number of carboxylic acid groups (broad SMARTS) is 1. The molecular formula is C18H20O3. The van der Waals surface area contributed by atoms with E-state index in [2.05, 4.69) is 6.92 Å². The molecule has 1 N–H and O–H groups in total. The minimum atomic E-state index is -0.799. The van der Waals surface area contributed by atoms with E-state index in [-0.39, 0.29) is 0 Å². The molecule has 3 heteroatoms. The molecule has 0 fully saturated rings. The highest BCUT2D eigenvalue weighted by Crippen LogP contribution is 2.22. The summed E-state index contributed by atoms with van der Waals surface area (Å²) in [7, 11) is 0. The quantitative estimate of drug-likeness (QED) is 0.839. The summed E-state index contributed by atoms with van der Waals surface area (Å²) in [5.41, 5.74) is 1.83. The van der Waals surface area contributed by atoms with Crippen LogP contribution in [0.1, 0.15) is 30.4 Å². The minimum Gasteiger partial charge on any atom is -0.494 e. The molecule has 0 amide bonds. The molecule has 3 nitrogen and oxygen atoms in total. The van der Waals surface area contributed by atoms with Crippen molar-refractivity contribution in [3.05, 3.63) is 65.7 Å². The first kappa shape index (κ1) is 15.1. The maximum absolute atomic E-state index is 11.5. The number of rotatable bonds is 7. The fourth-order valence-electron chi connectivity index (χ4n) is 2.21. The van der Waals surface area contributed by atoms with Crippen LogP contribution in [0.4, 0.5) is 0 Å². The molecular weight excluding hydrogens is 264 g/mol. The Morgan fingerprint density at radius 3 is 2.33 bits per heavy atom. The van der Waals surface area contributed by atoms with Crippen LogP contribution in [0.3, 0.4) is 0 Å². The Kier molecular flexibility index (Phi) is 5.38. The van der Waals surface area contributed by atoms with Crippen LogP contribution < -0.4 is 4.74 Å². The number of aliphatic carboxylic acids is 1. The second-order valence-electron chi connectivity index (χ2n) is 5.00. The molecule has 0 aliphatic heterocycles. The lowest BCUT2D eigenvalue weighted by Crippen LogP contribution is -2.14. The van der Waals surface area contributed by atoms with E-state index in [1.54, 1.807) is 0 Å². The van der Waals surface area contributed by atoms with Gasteiger partial charge < -0.3 is 9.84 Å². The molecule has 21 heavy (non-hydrogen) atoms. The SMILES string of the molecule is CCCOc1ccc(CC(C(=O)O)c2ccccc2)cc1. The molecule has 2 aromatic rings. The lowest BCUT2D eigenvalue weighted by molar-refractivity contribution is -0.138. The summed E-state index contributed by atoms with van der Waals surface area (Å²) in [6.45, 7) is 2.76. The summed E-state index contributed by atoms with van der Waals surface area (Å²) in [5.74, 6) is -0.492. The van der Waals surface area contributed by atoms with Crippen LogP contribution in [0, 0.1) is 0 Å². The van der Waals surface area contributed by atoms with E-state index in [1.807, 2.05) is 54.6 Å². The van der Waals surface area contributed by atoms with Crippen molar-refractivity contribution in [1.29, 1.82) is 0 Å². The predicted octanol–water partition coefficient (Wildman–Crippen LogP) is 3.89. The Morgan fingerprint density at radius 2 is 1.76 bits per heavy atom. The molecule has 0 radical (unpaired) electrons. The van der Waals surface area contributed by atoms with Gasteiger partial charge in [-0.2, -0.15) is 0 Å². The van der Waals surface area contributed by atoms with Crippen LogP contribution in [-0.2, 0) is 11.2 Å². The maximum atomic E-state index is 11.5. The summed E-state index contributed by atoms with van der Waals surface area (Å²) in [6, 6.07) is 17.0. The monoisotopic (exact) mass is 284 g/mol. The largest absolute Gasteiger partial charge is 0.494 e. The predicted molar refractivity (Wildman–Crippen MR) is 82.8 cm³/mol. The van der Waals surface area contributed by atoms with E-state index in [4.69, 9.17) is 4.74 Å². The number of benzene rings is 2. The smallest absolute Gasteiger partial charge is 0.311 e. The average Bonchev–Trinajstić information content (AvgIpc) is 2.52. The first-order chi connectivity index (χ1) is 10.2. The van der Waals surface area contributed by atoms with E-state index in [0.29, 0.717) is 13.0 Å². The molecule has 0 bridgehead atoms. The molecule has 0 heterocycles.